The molecule has 7 nitrogen and oxygen atoms in total. The molecular formula is C9H17N5O2. The molecule has 0 atom stereocenters. The molecule has 1 aromatic rings. The summed E-state index contributed by atoms with van der Waals surface area (Å²) in [6.45, 7) is 6.19. The number of hydrogen-bond acceptors (Lipinski definition) is 5. The third-order valence-corrected chi connectivity index (χ3v) is 2.16. The van der Waals surface area contributed by atoms with Crippen molar-refractivity contribution in [3.8, 4) is 0 Å². The zero-order chi connectivity index (χ0) is 12.3. The highest BCUT2D eigenvalue weighted by molar-refractivity contribution is 5.69. The third kappa shape index (κ3) is 3.58. The summed E-state index contributed by atoms with van der Waals surface area (Å²) in [5, 5.41) is 20.4. The van der Waals surface area contributed by atoms with Gasteiger partial charge in [0.2, 0.25) is 0 Å². The third-order valence-electron chi connectivity index (χ3n) is 2.16. The lowest BCUT2D eigenvalue weighted by atomic mass is 10.1. The van der Waals surface area contributed by atoms with Crippen LogP contribution in [-0.2, 0) is 18.4 Å². The van der Waals surface area contributed by atoms with Crippen molar-refractivity contribution in [1.82, 2.24) is 25.1 Å². The van der Waals surface area contributed by atoms with Gasteiger partial charge in [0.1, 0.15) is 0 Å². The molecule has 16 heavy (non-hydrogen) atoms. The van der Waals surface area contributed by atoms with Gasteiger partial charge in [0, 0.05) is 5.54 Å². The Kier molecular flexibility index (Phi) is 3.58. The number of tetrazole rings is 1. The predicted molar refractivity (Wildman–Crippen MR) is 56.6 cm³/mol. The topological polar surface area (TPSA) is 84.1 Å². The van der Waals surface area contributed by atoms with Crippen LogP contribution in [0.4, 0.5) is 0 Å². The normalized spacial score (nSPS) is 12.1. The van der Waals surface area contributed by atoms with Crippen molar-refractivity contribution in [2.75, 3.05) is 6.54 Å². The van der Waals surface area contributed by atoms with Gasteiger partial charge in [0.05, 0.1) is 20.1 Å². The molecule has 0 unspecified atom stereocenters. The molecule has 1 N–H and O–H groups in total. The molecule has 0 spiro atoms. The summed E-state index contributed by atoms with van der Waals surface area (Å²) >= 11 is 0. The number of aryl methyl sites for hydroxylation is 1. The van der Waals surface area contributed by atoms with Crippen LogP contribution in [0.1, 0.15) is 26.6 Å². The Labute approximate surface area is 94.0 Å². The van der Waals surface area contributed by atoms with Crippen molar-refractivity contribution in [3.05, 3.63) is 5.82 Å². The summed E-state index contributed by atoms with van der Waals surface area (Å²) in [4.78, 5) is 13.9. The number of carbonyl (C=O) groups is 1. The number of aliphatic carboxylic acids is 1. The van der Waals surface area contributed by atoms with Crippen LogP contribution in [0, 0.1) is 0 Å². The molecule has 1 rings (SSSR count). The molecule has 0 aliphatic rings. The molecule has 0 aliphatic heterocycles. The average molecular weight is 227 g/mol. The van der Waals surface area contributed by atoms with E-state index in [9.17, 15) is 4.79 Å². The molecule has 0 fully saturated rings. The van der Waals surface area contributed by atoms with Crippen LogP contribution in [0.15, 0.2) is 0 Å². The Morgan fingerprint density at radius 3 is 2.50 bits per heavy atom. The van der Waals surface area contributed by atoms with Crippen molar-refractivity contribution in [2.24, 2.45) is 7.05 Å². The summed E-state index contributed by atoms with van der Waals surface area (Å²) in [7, 11) is 1.68. The van der Waals surface area contributed by atoms with Crippen LogP contribution in [0.25, 0.3) is 0 Å². The summed E-state index contributed by atoms with van der Waals surface area (Å²) < 4.78 is 0. The van der Waals surface area contributed by atoms with E-state index in [-0.39, 0.29) is 12.1 Å². The zero-order valence-corrected chi connectivity index (χ0v) is 10.0. The smallest absolute Gasteiger partial charge is 0.317 e. The Morgan fingerprint density at radius 1 is 1.50 bits per heavy atom. The van der Waals surface area contributed by atoms with E-state index in [1.54, 1.807) is 11.9 Å². The van der Waals surface area contributed by atoms with Gasteiger partial charge in [-0.05, 0) is 26.0 Å². The van der Waals surface area contributed by atoms with E-state index >= 15 is 0 Å². The SMILES string of the molecule is Cn1nnc(CN(CC(=O)O)C(C)(C)C)n1. The van der Waals surface area contributed by atoms with Crippen LogP contribution in [-0.4, -0.2) is 48.3 Å². The molecule has 90 valence electrons. The minimum atomic E-state index is -0.862. The Morgan fingerprint density at radius 2 is 2.12 bits per heavy atom. The highest BCUT2D eigenvalue weighted by atomic mass is 16.4. The summed E-state index contributed by atoms with van der Waals surface area (Å²) in [6, 6.07) is 0. The number of carboxylic acid groups (broad SMARTS) is 1. The van der Waals surface area contributed by atoms with Crippen molar-refractivity contribution < 1.29 is 9.90 Å². The Balaban J connectivity index is 2.74. The van der Waals surface area contributed by atoms with E-state index in [1.165, 1.54) is 4.80 Å². The molecule has 1 heterocycles. The fourth-order valence-electron chi connectivity index (χ4n) is 1.25. The van der Waals surface area contributed by atoms with Crippen molar-refractivity contribution >= 4 is 5.97 Å². The minimum absolute atomic E-state index is 0.0399. The first-order chi connectivity index (χ1) is 7.29. The molecule has 0 radical (unpaired) electrons. The largest absolute Gasteiger partial charge is 0.480 e. The van der Waals surface area contributed by atoms with Gasteiger partial charge in [0.15, 0.2) is 5.82 Å². The highest BCUT2D eigenvalue weighted by Crippen LogP contribution is 2.14. The first-order valence-corrected chi connectivity index (χ1v) is 4.99. The van der Waals surface area contributed by atoms with E-state index in [4.69, 9.17) is 5.11 Å². The van der Waals surface area contributed by atoms with Crippen LogP contribution in [0.5, 0.6) is 0 Å². The van der Waals surface area contributed by atoms with Crippen LogP contribution in [0.3, 0.4) is 0 Å². The maximum atomic E-state index is 10.7. The standard InChI is InChI=1S/C9H17N5O2/c1-9(2,3)14(6-8(15)16)5-7-10-12-13(4)11-7/h5-6H2,1-4H3,(H,15,16). The van der Waals surface area contributed by atoms with Gasteiger partial charge in [-0.3, -0.25) is 9.69 Å². The molecule has 0 saturated heterocycles. The number of carboxylic acids is 1. The number of rotatable bonds is 4. The number of aromatic nitrogens is 4. The molecule has 0 saturated carbocycles. The maximum absolute atomic E-state index is 10.7. The lowest BCUT2D eigenvalue weighted by molar-refractivity contribution is -0.140. The molecule has 0 amide bonds. The van der Waals surface area contributed by atoms with Gasteiger partial charge in [-0.1, -0.05) is 0 Å². The van der Waals surface area contributed by atoms with Gasteiger partial charge < -0.3 is 5.11 Å². The number of nitrogens with zero attached hydrogens (tertiary/aromatic N) is 5. The highest BCUT2D eigenvalue weighted by Gasteiger charge is 2.25. The van der Waals surface area contributed by atoms with Crippen LogP contribution < -0.4 is 0 Å². The van der Waals surface area contributed by atoms with E-state index in [0.717, 1.165) is 0 Å². The van der Waals surface area contributed by atoms with E-state index in [0.29, 0.717) is 12.4 Å². The van der Waals surface area contributed by atoms with E-state index < -0.39 is 5.97 Å². The van der Waals surface area contributed by atoms with Gasteiger partial charge in [-0.15, -0.1) is 10.2 Å². The quantitative estimate of drug-likeness (QED) is 0.773. The van der Waals surface area contributed by atoms with Crippen LogP contribution >= 0.6 is 0 Å². The first kappa shape index (κ1) is 12.6. The van der Waals surface area contributed by atoms with Crippen molar-refractivity contribution in [1.29, 1.82) is 0 Å². The fraction of sp³-hybridized carbons (Fsp3) is 0.778. The van der Waals surface area contributed by atoms with Crippen molar-refractivity contribution in [2.45, 2.75) is 32.9 Å². The van der Waals surface area contributed by atoms with E-state index in [2.05, 4.69) is 15.4 Å². The molecule has 0 bridgehead atoms. The summed E-state index contributed by atoms with van der Waals surface area (Å²) in [5.74, 6) is -0.336. The fourth-order valence-corrected chi connectivity index (χ4v) is 1.25. The van der Waals surface area contributed by atoms with Crippen LogP contribution in [0.2, 0.25) is 0 Å². The molecule has 0 aliphatic carbocycles. The second kappa shape index (κ2) is 4.56. The van der Waals surface area contributed by atoms with Gasteiger partial charge in [-0.25, -0.2) is 0 Å². The first-order valence-electron chi connectivity index (χ1n) is 4.99. The maximum Gasteiger partial charge on any atom is 0.317 e. The second-order valence-electron chi connectivity index (χ2n) is 4.62. The monoisotopic (exact) mass is 227 g/mol. The lowest BCUT2D eigenvalue weighted by Crippen LogP contribution is -2.44. The summed E-state index contributed by atoms with van der Waals surface area (Å²) in [5.41, 5.74) is -0.252. The second-order valence-corrected chi connectivity index (χ2v) is 4.62. The zero-order valence-electron chi connectivity index (χ0n) is 10.0. The molecule has 7 heteroatoms. The van der Waals surface area contributed by atoms with Gasteiger partial charge >= 0.3 is 5.97 Å². The predicted octanol–water partition coefficient (Wildman–Crippen LogP) is -0.105. The van der Waals surface area contributed by atoms with Gasteiger partial charge in [-0.2, -0.15) is 4.80 Å². The minimum Gasteiger partial charge on any atom is -0.480 e. The van der Waals surface area contributed by atoms with Crippen molar-refractivity contribution in [3.63, 3.8) is 0 Å². The molecule has 0 aromatic carbocycles. The molecular weight excluding hydrogens is 210 g/mol. The van der Waals surface area contributed by atoms with E-state index in [1.807, 2.05) is 20.8 Å². The Hall–Kier alpha value is -1.50. The average Bonchev–Trinajstić information content (AvgIpc) is 2.47. The number of hydrogen-bond donors (Lipinski definition) is 1. The van der Waals surface area contributed by atoms with Gasteiger partial charge in [0.25, 0.3) is 0 Å². The molecule has 1 aromatic heterocycles. The Bertz CT molecular complexity index is 368. The summed E-state index contributed by atoms with van der Waals surface area (Å²) in [6.07, 6.45) is 0. The lowest BCUT2D eigenvalue weighted by Gasteiger charge is -2.33.